The van der Waals surface area contributed by atoms with Crippen LogP contribution in [0.5, 0.6) is 5.75 Å². The number of nitrogens with one attached hydrogen (secondary N) is 1. The molecule has 1 unspecified atom stereocenters. The van der Waals surface area contributed by atoms with Crippen LogP contribution >= 0.6 is 0 Å². The third-order valence-corrected chi connectivity index (χ3v) is 4.56. The van der Waals surface area contributed by atoms with Gasteiger partial charge in [0.25, 0.3) is 0 Å². The first-order valence-electron chi connectivity index (χ1n) is 8.65. The topological polar surface area (TPSA) is 33.7 Å². The molecule has 1 fully saturated rings. The molecule has 1 heterocycles. The minimum Gasteiger partial charge on any atom is -0.497 e. The third-order valence-electron chi connectivity index (χ3n) is 4.56. The number of anilines is 1. The minimum atomic E-state index is -0.203. The fraction of sp³-hybridized carbons (Fsp3) is 0.400. The molecule has 2 aromatic rings. The van der Waals surface area contributed by atoms with E-state index in [0.29, 0.717) is 6.61 Å². The summed E-state index contributed by atoms with van der Waals surface area (Å²) >= 11 is 0. The van der Waals surface area contributed by atoms with Crippen LogP contribution in [0.2, 0.25) is 0 Å². The first kappa shape index (κ1) is 17.7. The number of halogens is 1. The molecule has 0 bridgehead atoms. The lowest BCUT2D eigenvalue weighted by atomic mass is 10.1. The van der Waals surface area contributed by atoms with Crippen molar-refractivity contribution >= 4 is 5.69 Å². The number of hydrogen-bond donors (Lipinski definition) is 1. The molecule has 2 aromatic carbocycles. The predicted octanol–water partition coefficient (Wildman–Crippen LogP) is 3.39. The quantitative estimate of drug-likeness (QED) is 0.871. The van der Waals surface area contributed by atoms with Crippen LogP contribution in [0.1, 0.15) is 18.5 Å². The highest BCUT2D eigenvalue weighted by Crippen LogP contribution is 2.21. The van der Waals surface area contributed by atoms with Gasteiger partial charge in [-0.15, -0.1) is 0 Å². The molecule has 1 N–H and O–H groups in total. The number of rotatable bonds is 6. The van der Waals surface area contributed by atoms with Gasteiger partial charge in [0.1, 0.15) is 11.6 Å². The first-order chi connectivity index (χ1) is 12.2. The molecule has 25 heavy (non-hydrogen) atoms. The number of methoxy groups -OCH3 is 1. The summed E-state index contributed by atoms with van der Waals surface area (Å²) in [6, 6.07) is 15.0. The summed E-state index contributed by atoms with van der Waals surface area (Å²) in [7, 11) is 1.67. The zero-order valence-electron chi connectivity index (χ0n) is 14.7. The molecule has 3 rings (SSSR count). The summed E-state index contributed by atoms with van der Waals surface area (Å²) in [5, 5.41) is 3.52. The summed E-state index contributed by atoms with van der Waals surface area (Å²) in [6.07, 6.45) is 0.0741. The van der Waals surface area contributed by atoms with Crippen LogP contribution in [-0.4, -0.2) is 39.5 Å². The van der Waals surface area contributed by atoms with E-state index in [-0.39, 0.29) is 18.0 Å². The SMILES string of the molecule is COc1cccc([C@@H](C)NCC2CN(c3cccc(F)c3)CCO2)c1. The molecular weight excluding hydrogens is 319 g/mol. The van der Waals surface area contributed by atoms with Crippen molar-refractivity contribution in [1.82, 2.24) is 5.32 Å². The molecule has 0 saturated carbocycles. The minimum absolute atomic E-state index is 0.0741. The first-order valence-corrected chi connectivity index (χ1v) is 8.65. The van der Waals surface area contributed by atoms with E-state index in [1.165, 1.54) is 11.6 Å². The van der Waals surface area contributed by atoms with Crippen molar-refractivity contribution in [2.75, 3.05) is 38.3 Å². The highest BCUT2D eigenvalue weighted by molar-refractivity contribution is 5.47. The van der Waals surface area contributed by atoms with Gasteiger partial charge >= 0.3 is 0 Å². The second kappa shape index (κ2) is 8.32. The Hall–Kier alpha value is -2.11. The fourth-order valence-corrected chi connectivity index (χ4v) is 3.09. The van der Waals surface area contributed by atoms with Crippen molar-refractivity contribution in [2.24, 2.45) is 0 Å². The summed E-state index contributed by atoms with van der Waals surface area (Å²) in [4.78, 5) is 2.18. The van der Waals surface area contributed by atoms with Crippen molar-refractivity contribution in [1.29, 1.82) is 0 Å². The van der Waals surface area contributed by atoms with Crippen molar-refractivity contribution in [3.05, 3.63) is 59.9 Å². The van der Waals surface area contributed by atoms with E-state index in [0.717, 1.165) is 31.1 Å². The Labute approximate surface area is 148 Å². The van der Waals surface area contributed by atoms with Gasteiger partial charge in [-0.05, 0) is 42.8 Å². The summed E-state index contributed by atoms with van der Waals surface area (Å²) in [5.74, 6) is 0.655. The smallest absolute Gasteiger partial charge is 0.125 e. The number of morpholine rings is 1. The molecule has 134 valence electrons. The van der Waals surface area contributed by atoms with E-state index in [1.54, 1.807) is 19.2 Å². The normalized spacial score (nSPS) is 18.8. The predicted molar refractivity (Wildman–Crippen MR) is 97.8 cm³/mol. The third kappa shape index (κ3) is 4.71. The Bertz CT molecular complexity index is 695. The van der Waals surface area contributed by atoms with Crippen LogP contribution in [-0.2, 0) is 4.74 Å². The maximum atomic E-state index is 13.4. The average molecular weight is 344 g/mol. The summed E-state index contributed by atoms with van der Waals surface area (Å²) < 4.78 is 24.6. The molecule has 1 aliphatic rings. The number of benzene rings is 2. The molecule has 2 atom stereocenters. The molecule has 0 radical (unpaired) electrons. The number of ether oxygens (including phenoxy) is 2. The summed E-state index contributed by atoms with van der Waals surface area (Å²) in [6.45, 7) is 5.05. The monoisotopic (exact) mass is 344 g/mol. The molecule has 1 saturated heterocycles. The largest absolute Gasteiger partial charge is 0.497 e. The molecule has 0 amide bonds. The summed E-state index contributed by atoms with van der Waals surface area (Å²) in [5.41, 5.74) is 2.09. The molecular formula is C20H25FN2O2. The van der Waals surface area contributed by atoms with Gasteiger partial charge in [0.05, 0.1) is 19.8 Å². The second-order valence-corrected chi connectivity index (χ2v) is 6.33. The van der Waals surface area contributed by atoms with Gasteiger partial charge in [-0.25, -0.2) is 4.39 Å². The molecule has 0 aliphatic carbocycles. The Balaban J connectivity index is 1.55. The zero-order valence-corrected chi connectivity index (χ0v) is 14.7. The molecule has 0 spiro atoms. The van der Waals surface area contributed by atoms with Crippen LogP contribution < -0.4 is 15.0 Å². The van der Waals surface area contributed by atoms with Crippen molar-refractivity contribution in [3.63, 3.8) is 0 Å². The second-order valence-electron chi connectivity index (χ2n) is 6.33. The lowest BCUT2D eigenvalue weighted by molar-refractivity contribution is 0.0394. The van der Waals surface area contributed by atoms with E-state index in [9.17, 15) is 4.39 Å². The molecule has 1 aliphatic heterocycles. The lowest BCUT2D eigenvalue weighted by Crippen LogP contribution is -2.47. The van der Waals surface area contributed by atoms with Gasteiger partial charge in [-0.2, -0.15) is 0 Å². The van der Waals surface area contributed by atoms with Crippen LogP contribution in [0.25, 0.3) is 0 Å². The van der Waals surface area contributed by atoms with Crippen molar-refractivity contribution in [2.45, 2.75) is 19.1 Å². The van der Waals surface area contributed by atoms with Gasteiger partial charge in [0.2, 0.25) is 0 Å². The van der Waals surface area contributed by atoms with E-state index < -0.39 is 0 Å². The fourth-order valence-electron chi connectivity index (χ4n) is 3.09. The average Bonchev–Trinajstić information content (AvgIpc) is 2.66. The molecule has 5 heteroatoms. The van der Waals surface area contributed by atoms with E-state index in [2.05, 4.69) is 23.2 Å². The van der Waals surface area contributed by atoms with Gasteiger partial charge in [-0.3, -0.25) is 0 Å². The number of hydrogen-bond acceptors (Lipinski definition) is 4. The van der Waals surface area contributed by atoms with Crippen LogP contribution in [0.4, 0.5) is 10.1 Å². The van der Waals surface area contributed by atoms with Crippen LogP contribution in [0, 0.1) is 5.82 Å². The lowest BCUT2D eigenvalue weighted by Gasteiger charge is -2.35. The van der Waals surface area contributed by atoms with E-state index >= 15 is 0 Å². The van der Waals surface area contributed by atoms with Gasteiger partial charge < -0.3 is 19.7 Å². The Kier molecular flexibility index (Phi) is 5.89. The van der Waals surface area contributed by atoms with Crippen molar-refractivity contribution in [3.8, 4) is 5.75 Å². The Morgan fingerprint density at radius 3 is 2.92 bits per heavy atom. The maximum absolute atomic E-state index is 13.4. The van der Waals surface area contributed by atoms with Crippen molar-refractivity contribution < 1.29 is 13.9 Å². The van der Waals surface area contributed by atoms with Crippen LogP contribution in [0.3, 0.4) is 0 Å². The van der Waals surface area contributed by atoms with Crippen LogP contribution in [0.15, 0.2) is 48.5 Å². The maximum Gasteiger partial charge on any atom is 0.125 e. The standard InChI is InChI=1S/C20H25FN2O2/c1-15(16-5-3-8-19(11-16)24-2)22-13-20-14-23(9-10-25-20)18-7-4-6-17(21)12-18/h3-8,11-12,15,20,22H,9-10,13-14H2,1-2H3/t15-,20?/m1/s1. The molecule has 4 nitrogen and oxygen atoms in total. The van der Waals surface area contributed by atoms with Gasteiger partial charge in [-0.1, -0.05) is 18.2 Å². The van der Waals surface area contributed by atoms with Gasteiger partial charge in [0.15, 0.2) is 0 Å². The highest BCUT2D eigenvalue weighted by Gasteiger charge is 2.21. The van der Waals surface area contributed by atoms with E-state index in [4.69, 9.17) is 9.47 Å². The Morgan fingerprint density at radius 1 is 1.28 bits per heavy atom. The Morgan fingerprint density at radius 2 is 2.12 bits per heavy atom. The highest BCUT2D eigenvalue weighted by atomic mass is 19.1. The zero-order chi connectivity index (χ0) is 17.6. The molecule has 0 aromatic heterocycles. The number of nitrogens with zero attached hydrogens (tertiary/aromatic N) is 1. The van der Waals surface area contributed by atoms with E-state index in [1.807, 2.05) is 24.3 Å². The van der Waals surface area contributed by atoms with Gasteiger partial charge in [0, 0.05) is 31.4 Å².